The monoisotopic (exact) mass is 452 g/mol. The SMILES string of the molecule is CC(C)(NC(=O)Cc1ccc(F)cc1)C(=O)N1CCOC[C@@H](Cc2ccc3cc[nH]c3n2)C1. The number of hydrogen-bond acceptors (Lipinski definition) is 4. The number of rotatable bonds is 6. The zero-order chi connectivity index (χ0) is 23.4. The second kappa shape index (κ2) is 9.70. The van der Waals surface area contributed by atoms with E-state index in [4.69, 9.17) is 4.74 Å². The first kappa shape index (κ1) is 22.9. The van der Waals surface area contributed by atoms with Crippen molar-refractivity contribution in [3.8, 4) is 0 Å². The van der Waals surface area contributed by atoms with E-state index in [2.05, 4.69) is 15.3 Å². The van der Waals surface area contributed by atoms with Crippen molar-refractivity contribution in [2.24, 2.45) is 5.92 Å². The summed E-state index contributed by atoms with van der Waals surface area (Å²) < 4.78 is 18.9. The molecule has 1 atom stereocenters. The number of halogens is 1. The van der Waals surface area contributed by atoms with E-state index in [1.165, 1.54) is 12.1 Å². The molecule has 174 valence electrons. The van der Waals surface area contributed by atoms with Gasteiger partial charge in [0.15, 0.2) is 0 Å². The number of carbonyl (C=O) groups excluding carboxylic acids is 2. The van der Waals surface area contributed by atoms with Gasteiger partial charge in [0.1, 0.15) is 17.0 Å². The Bertz CT molecular complexity index is 1130. The summed E-state index contributed by atoms with van der Waals surface area (Å²) in [6.45, 7) is 5.41. The summed E-state index contributed by atoms with van der Waals surface area (Å²) in [6.07, 6.45) is 2.63. The van der Waals surface area contributed by atoms with Gasteiger partial charge in [0.05, 0.1) is 19.6 Å². The molecule has 0 aliphatic carbocycles. The van der Waals surface area contributed by atoms with Crippen molar-refractivity contribution < 1.29 is 18.7 Å². The number of nitrogens with one attached hydrogen (secondary N) is 2. The molecule has 1 aliphatic heterocycles. The topological polar surface area (TPSA) is 87.3 Å². The van der Waals surface area contributed by atoms with Gasteiger partial charge in [-0.05, 0) is 56.2 Å². The molecular weight excluding hydrogens is 423 g/mol. The van der Waals surface area contributed by atoms with Crippen molar-refractivity contribution in [2.75, 3.05) is 26.3 Å². The Hall–Kier alpha value is -3.26. The van der Waals surface area contributed by atoms with Crippen molar-refractivity contribution in [1.29, 1.82) is 0 Å². The fourth-order valence-electron chi connectivity index (χ4n) is 4.20. The van der Waals surface area contributed by atoms with E-state index in [1.54, 1.807) is 30.9 Å². The van der Waals surface area contributed by atoms with Crippen LogP contribution in [-0.4, -0.2) is 58.5 Å². The van der Waals surface area contributed by atoms with Gasteiger partial charge in [0.25, 0.3) is 0 Å². The number of H-pyrrole nitrogens is 1. The van der Waals surface area contributed by atoms with Gasteiger partial charge in [-0.3, -0.25) is 9.59 Å². The van der Waals surface area contributed by atoms with Gasteiger partial charge in [-0.2, -0.15) is 0 Å². The predicted molar refractivity (Wildman–Crippen MR) is 123 cm³/mol. The number of nitrogens with zero attached hydrogens (tertiary/aromatic N) is 2. The number of hydrogen-bond donors (Lipinski definition) is 2. The number of fused-ring (bicyclic) bond motifs is 1. The van der Waals surface area contributed by atoms with Crippen molar-refractivity contribution in [2.45, 2.75) is 32.2 Å². The Morgan fingerprint density at radius 3 is 2.79 bits per heavy atom. The highest BCUT2D eigenvalue weighted by Gasteiger charge is 2.35. The van der Waals surface area contributed by atoms with Crippen molar-refractivity contribution in [3.05, 3.63) is 65.7 Å². The lowest BCUT2D eigenvalue weighted by Gasteiger charge is -2.33. The van der Waals surface area contributed by atoms with Gasteiger partial charge in [-0.25, -0.2) is 9.37 Å². The number of aromatic nitrogens is 2. The van der Waals surface area contributed by atoms with Crippen LogP contribution in [0.3, 0.4) is 0 Å². The number of amides is 2. The molecule has 8 heteroatoms. The Morgan fingerprint density at radius 2 is 2.00 bits per heavy atom. The number of ether oxygens (including phenoxy) is 1. The maximum absolute atomic E-state index is 13.3. The third-order valence-electron chi connectivity index (χ3n) is 5.85. The van der Waals surface area contributed by atoms with Crippen LogP contribution in [0.25, 0.3) is 11.0 Å². The molecule has 3 aromatic rings. The van der Waals surface area contributed by atoms with E-state index in [0.717, 1.165) is 16.7 Å². The Labute approximate surface area is 192 Å². The highest BCUT2D eigenvalue weighted by molar-refractivity contribution is 5.91. The van der Waals surface area contributed by atoms with E-state index in [-0.39, 0.29) is 30.0 Å². The normalized spacial score (nSPS) is 17.1. The van der Waals surface area contributed by atoms with Gasteiger partial charge in [-0.15, -0.1) is 0 Å². The van der Waals surface area contributed by atoms with Crippen molar-refractivity contribution >= 4 is 22.8 Å². The van der Waals surface area contributed by atoms with Crippen molar-refractivity contribution in [3.63, 3.8) is 0 Å². The zero-order valence-electron chi connectivity index (χ0n) is 18.9. The molecule has 1 saturated heterocycles. The summed E-state index contributed by atoms with van der Waals surface area (Å²) >= 11 is 0. The molecule has 7 nitrogen and oxygen atoms in total. The standard InChI is InChI=1S/C25H29FN4O3/c1-25(2,29-22(31)14-17-3-6-20(26)7-4-17)24(32)30-11-12-33-16-18(15-30)13-21-8-5-19-9-10-27-23(19)28-21/h3-10,18H,11-16H2,1-2H3,(H,27,28)(H,29,31)/t18-/m0/s1. The molecular formula is C25H29FN4O3. The fraction of sp³-hybridized carbons (Fsp3) is 0.400. The summed E-state index contributed by atoms with van der Waals surface area (Å²) in [4.78, 5) is 35.4. The highest BCUT2D eigenvalue weighted by Crippen LogP contribution is 2.18. The summed E-state index contributed by atoms with van der Waals surface area (Å²) in [5, 5.41) is 3.90. The number of benzene rings is 1. The second-order valence-electron chi connectivity index (χ2n) is 9.09. The number of carbonyl (C=O) groups is 2. The molecule has 3 heterocycles. The van der Waals surface area contributed by atoms with Crippen LogP contribution in [-0.2, 0) is 27.2 Å². The van der Waals surface area contributed by atoms with Crippen LogP contribution in [0.2, 0.25) is 0 Å². The lowest BCUT2D eigenvalue weighted by molar-refractivity contribution is -0.140. The molecule has 1 aliphatic rings. The number of aromatic amines is 1. The molecule has 1 fully saturated rings. The van der Waals surface area contributed by atoms with Crippen LogP contribution < -0.4 is 5.32 Å². The predicted octanol–water partition coefficient (Wildman–Crippen LogP) is 2.86. The Morgan fingerprint density at radius 1 is 1.21 bits per heavy atom. The molecule has 4 rings (SSSR count). The van der Waals surface area contributed by atoms with Gasteiger partial charge in [0.2, 0.25) is 11.8 Å². The first-order chi connectivity index (χ1) is 15.8. The van der Waals surface area contributed by atoms with Crippen LogP contribution >= 0.6 is 0 Å². The van der Waals surface area contributed by atoms with E-state index >= 15 is 0 Å². The van der Waals surface area contributed by atoms with Crippen LogP contribution in [0.4, 0.5) is 4.39 Å². The molecule has 0 saturated carbocycles. The van der Waals surface area contributed by atoms with Crippen LogP contribution in [0.15, 0.2) is 48.7 Å². The molecule has 0 bridgehead atoms. The summed E-state index contributed by atoms with van der Waals surface area (Å²) in [5.41, 5.74) is 1.40. The maximum Gasteiger partial charge on any atom is 0.247 e. The summed E-state index contributed by atoms with van der Waals surface area (Å²) in [6, 6.07) is 11.8. The lowest BCUT2D eigenvalue weighted by Crippen LogP contribution is -2.57. The molecule has 0 spiro atoms. The number of pyridine rings is 1. The molecule has 2 amide bonds. The molecule has 33 heavy (non-hydrogen) atoms. The van der Waals surface area contributed by atoms with Gasteiger partial charge < -0.3 is 19.9 Å². The average Bonchev–Trinajstić information content (AvgIpc) is 3.12. The largest absolute Gasteiger partial charge is 0.379 e. The molecule has 0 radical (unpaired) electrons. The first-order valence-corrected chi connectivity index (χ1v) is 11.2. The van der Waals surface area contributed by atoms with Gasteiger partial charge >= 0.3 is 0 Å². The minimum atomic E-state index is -1.08. The Kier molecular flexibility index (Phi) is 6.74. The molecule has 1 aromatic carbocycles. The molecule has 2 N–H and O–H groups in total. The minimum absolute atomic E-state index is 0.0790. The van der Waals surface area contributed by atoms with Gasteiger partial charge in [-0.1, -0.05) is 12.1 Å². The highest BCUT2D eigenvalue weighted by atomic mass is 19.1. The smallest absolute Gasteiger partial charge is 0.247 e. The van der Waals surface area contributed by atoms with E-state index < -0.39 is 5.54 Å². The summed E-state index contributed by atoms with van der Waals surface area (Å²) in [5.74, 6) is -0.693. The van der Waals surface area contributed by atoms with E-state index in [0.29, 0.717) is 38.3 Å². The maximum atomic E-state index is 13.3. The van der Waals surface area contributed by atoms with Crippen molar-refractivity contribution in [1.82, 2.24) is 20.2 Å². The Balaban J connectivity index is 1.38. The summed E-state index contributed by atoms with van der Waals surface area (Å²) in [7, 11) is 0. The lowest BCUT2D eigenvalue weighted by atomic mass is 9.99. The van der Waals surface area contributed by atoms with Crippen LogP contribution in [0.1, 0.15) is 25.1 Å². The average molecular weight is 453 g/mol. The first-order valence-electron chi connectivity index (χ1n) is 11.2. The van der Waals surface area contributed by atoms with E-state index in [9.17, 15) is 14.0 Å². The quantitative estimate of drug-likeness (QED) is 0.602. The molecule has 0 unspecified atom stereocenters. The van der Waals surface area contributed by atoms with Crippen LogP contribution in [0.5, 0.6) is 0 Å². The zero-order valence-corrected chi connectivity index (χ0v) is 18.9. The second-order valence-corrected chi connectivity index (χ2v) is 9.09. The van der Waals surface area contributed by atoms with E-state index in [1.807, 2.05) is 24.4 Å². The fourth-order valence-corrected chi connectivity index (χ4v) is 4.20. The molecule has 2 aromatic heterocycles. The third kappa shape index (κ3) is 5.76. The third-order valence-corrected chi connectivity index (χ3v) is 5.85. The minimum Gasteiger partial charge on any atom is -0.379 e. The van der Waals surface area contributed by atoms with Gasteiger partial charge in [0, 0.05) is 36.3 Å². The van der Waals surface area contributed by atoms with Crippen LogP contribution in [0, 0.1) is 11.7 Å².